The first kappa shape index (κ1) is 16.2. The fourth-order valence-corrected chi connectivity index (χ4v) is 1.60. The maximum absolute atomic E-state index is 10.6. The molecule has 0 heterocycles. The van der Waals surface area contributed by atoms with E-state index in [1.165, 1.54) is 0 Å². The van der Waals surface area contributed by atoms with Gasteiger partial charge in [0.15, 0.2) is 0 Å². The number of hydrogen-bond acceptors (Lipinski definition) is 4. The molecule has 0 amide bonds. The van der Waals surface area contributed by atoms with Gasteiger partial charge in [-0.1, -0.05) is 6.07 Å². The van der Waals surface area contributed by atoms with Crippen LogP contribution in [-0.2, 0) is 20.9 Å². The van der Waals surface area contributed by atoms with Crippen LogP contribution in [0.3, 0.4) is 0 Å². The van der Waals surface area contributed by atoms with Crippen LogP contribution >= 0.6 is 0 Å². The first-order chi connectivity index (χ1) is 9.67. The molecule has 1 aromatic carbocycles. The van der Waals surface area contributed by atoms with Crippen molar-refractivity contribution in [1.82, 2.24) is 0 Å². The van der Waals surface area contributed by atoms with Gasteiger partial charge in [0, 0.05) is 12.7 Å². The molecule has 0 unspecified atom stereocenters. The van der Waals surface area contributed by atoms with Gasteiger partial charge in [-0.05, 0) is 36.3 Å². The lowest BCUT2D eigenvalue weighted by Gasteiger charge is -2.10. The number of carboxylic acid groups (broad SMARTS) is 1. The van der Waals surface area contributed by atoms with Crippen LogP contribution in [0.1, 0.15) is 18.1 Å². The van der Waals surface area contributed by atoms with Crippen molar-refractivity contribution >= 4 is 12.0 Å². The zero-order chi connectivity index (χ0) is 14.8. The Morgan fingerprint density at radius 1 is 1.30 bits per heavy atom. The Morgan fingerprint density at radius 3 is 2.70 bits per heavy atom. The third-order valence-electron chi connectivity index (χ3n) is 2.59. The van der Waals surface area contributed by atoms with Crippen LogP contribution in [0, 0.1) is 0 Å². The summed E-state index contributed by atoms with van der Waals surface area (Å²) >= 11 is 0. The molecule has 0 aliphatic rings. The summed E-state index contributed by atoms with van der Waals surface area (Å²) in [6, 6.07) is 5.42. The van der Waals surface area contributed by atoms with E-state index < -0.39 is 5.97 Å². The molecule has 0 radical (unpaired) electrons. The van der Waals surface area contributed by atoms with E-state index in [4.69, 9.17) is 19.3 Å². The Labute approximate surface area is 118 Å². The van der Waals surface area contributed by atoms with E-state index >= 15 is 0 Å². The predicted molar refractivity (Wildman–Crippen MR) is 75.8 cm³/mol. The highest BCUT2D eigenvalue weighted by atomic mass is 16.5. The third kappa shape index (κ3) is 5.86. The summed E-state index contributed by atoms with van der Waals surface area (Å²) in [4.78, 5) is 10.6. The van der Waals surface area contributed by atoms with Crippen LogP contribution < -0.4 is 4.74 Å². The summed E-state index contributed by atoms with van der Waals surface area (Å²) in [5.74, 6) is -0.273. The number of methoxy groups -OCH3 is 1. The zero-order valence-corrected chi connectivity index (χ0v) is 11.8. The molecule has 0 atom stereocenters. The quantitative estimate of drug-likeness (QED) is 0.555. The van der Waals surface area contributed by atoms with Crippen molar-refractivity contribution in [2.24, 2.45) is 0 Å². The number of benzene rings is 1. The molecule has 0 spiro atoms. The van der Waals surface area contributed by atoms with E-state index in [1.54, 1.807) is 25.3 Å². The largest absolute Gasteiger partial charge is 0.497 e. The predicted octanol–water partition coefficient (Wildman–Crippen LogP) is 2.35. The number of aliphatic carboxylic acids is 1. The Morgan fingerprint density at radius 2 is 2.05 bits per heavy atom. The summed E-state index contributed by atoms with van der Waals surface area (Å²) in [6.45, 7) is 4.00. The van der Waals surface area contributed by atoms with Crippen molar-refractivity contribution in [3.8, 4) is 5.75 Å². The molecule has 110 valence electrons. The molecule has 0 bridgehead atoms. The number of rotatable bonds is 9. The minimum Gasteiger partial charge on any atom is -0.497 e. The average molecular weight is 280 g/mol. The SMILES string of the molecule is CCOCCOCc1cc(OC)ccc1C=CC(=O)O. The van der Waals surface area contributed by atoms with E-state index in [0.717, 1.165) is 17.2 Å². The topological polar surface area (TPSA) is 65.0 Å². The van der Waals surface area contributed by atoms with Gasteiger partial charge in [0.2, 0.25) is 0 Å². The van der Waals surface area contributed by atoms with Crippen molar-refractivity contribution in [3.05, 3.63) is 35.4 Å². The molecule has 0 aliphatic heterocycles. The molecule has 1 rings (SSSR count). The van der Waals surface area contributed by atoms with Crippen LogP contribution in [0.2, 0.25) is 0 Å². The minimum absolute atomic E-state index is 0.379. The van der Waals surface area contributed by atoms with Gasteiger partial charge in [-0.15, -0.1) is 0 Å². The highest BCUT2D eigenvalue weighted by Crippen LogP contribution is 2.20. The molecule has 0 aliphatic carbocycles. The van der Waals surface area contributed by atoms with Gasteiger partial charge in [0.05, 0.1) is 26.9 Å². The van der Waals surface area contributed by atoms with Gasteiger partial charge in [-0.2, -0.15) is 0 Å². The zero-order valence-electron chi connectivity index (χ0n) is 11.8. The third-order valence-corrected chi connectivity index (χ3v) is 2.59. The van der Waals surface area contributed by atoms with Crippen molar-refractivity contribution in [2.75, 3.05) is 26.9 Å². The van der Waals surface area contributed by atoms with Crippen LogP contribution in [0.5, 0.6) is 5.75 Å². The van der Waals surface area contributed by atoms with Crippen molar-refractivity contribution < 1.29 is 24.1 Å². The monoisotopic (exact) mass is 280 g/mol. The van der Waals surface area contributed by atoms with Crippen LogP contribution in [0.4, 0.5) is 0 Å². The number of carboxylic acids is 1. The number of ether oxygens (including phenoxy) is 3. The second-order valence-electron chi connectivity index (χ2n) is 3.99. The molecule has 1 aromatic rings. The van der Waals surface area contributed by atoms with Crippen LogP contribution in [0.25, 0.3) is 6.08 Å². The second-order valence-corrected chi connectivity index (χ2v) is 3.99. The van der Waals surface area contributed by atoms with Gasteiger partial charge in [0.1, 0.15) is 5.75 Å². The van der Waals surface area contributed by atoms with E-state index in [-0.39, 0.29) is 0 Å². The van der Waals surface area contributed by atoms with E-state index in [2.05, 4.69) is 0 Å². The van der Waals surface area contributed by atoms with Crippen LogP contribution in [0.15, 0.2) is 24.3 Å². The van der Waals surface area contributed by atoms with Crippen molar-refractivity contribution in [1.29, 1.82) is 0 Å². The summed E-state index contributed by atoms with van der Waals surface area (Å²) in [5, 5.41) is 8.68. The standard InChI is InChI=1S/C15H20O5/c1-3-19-8-9-20-11-13-10-14(18-2)6-4-12(13)5-7-15(16)17/h4-7,10H,3,8-9,11H2,1-2H3,(H,16,17). The van der Waals surface area contributed by atoms with Crippen LogP contribution in [-0.4, -0.2) is 38.0 Å². The Kier molecular flexibility index (Phi) is 7.39. The molecular weight excluding hydrogens is 260 g/mol. The van der Waals surface area contributed by atoms with E-state index in [1.807, 2.05) is 13.0 Å². The lowest BCUT2D eigenvalue weighted by atomic mass is 10.1. The maximum atomic E-state index is 10.6. The summed E-state index contributed by atoms with van der Waals surface area (Å²) in [5.41, 5.74) is 1.67. The fourth-order valence-electron chi connectivity index (χ4n) is 1.60. The molecule has 5 nitrogen and oxygen atoms in total. The summed E-state index contributed by atoms with van der Waals surface area (Å²) in [6.07, 6.45) is 2.65. The highest BCUT2D eigenvalue weighted by molar-refractivity contribution is 5.85. The molecule has 1 N–H and O–H groups in total. The van der Waals surface area contributed by atoms with Crippen molar-refractivity contribution in [2.45, 2.75) is 13.5 Å². The first-order valence-corrected chi connectivity index (χ1v) is 6.40. The van der Waals surface area contributed by atoms with Crippen molar-refractivity contribution in [3.63, 3.8) is 0 Å². The average Bonchev–Trinajstić information content (AvgIpc) is 2.45. The maximum Gasteiger partial charge on any atom is 0.328 e. The Balaban J connectivity index is 2.70. The molecule has 5 heteroatoms. The van der Waals surface area contributed by atoms with E-state index in [0.29, 0.717) is 32.2 Å². The molecule has 0 fully saturated rings. The molecule has 0 saturated carbocycles. The lowest BCUT2D eigenvalue weighted by Crippen LogP contribution is -2.05. The minimum atomic E-state index is -0.982. The van der Waals surface area contributed by atoms with E-state index in [9.17, 15) is 4.79 Å². The smallest absolute Gasteiger partial charge is 0.328 e. The Hall–Kier alpha value is -1.85. The molecule has 20 heavy (non-hydrogen) atoms. The fraction of sp³-hybridized carbons (Fsp3) is 0.400. The number of carbonyl (C=O) groups is 1. The second kappa shape index (κ2) is 9.12. The van der Waals surface area contributed by atoms with Gasteiger partial charge in [-0.3, -0.25) is 0 Å². The summed E-state index contributed by atoms with van der Waals surface area (Å²) < 4.78 is 15.9. The highest BCUT2D eigenvalue weighted by Gasteiger charge is 2.03. The number of hydrogen-bond donors (Lipinski definition) is 1. The van der Waals surface area contributed by atoms with Gasteiger partial charge < -0.3 is 19.3 Å². The van der Waals surface area contributed by atoms with Gasteiger partial charge >= 0.3 is 5.97 Å². The Bertz CT molecular complexity index is 454. The lowest BCUT2D eigenvalue weighted by molar-refractivity contribution is -0.131. The van der Waals surface area contributed by atoms with Gasteiger partial charge in [-0.25, -0.2) is 4.79 Å². The van der Waals surface area contributed by atoms with Gasteiger partial charge in [0.25, 0.3) is 0 Å². The summed E-state index contributed by atoms with van der Waals surface area (Å²) in [7, 11) is 1.59. The molecule has 0 saturated heterocycles. The molecular formula is C15H20O5. The molecule has 0 aromatic heterocycles. The first-order valence-electron chi connectivity index (χ1n) is 6.40. The normalized spacial score (nSPS) is 10.9.